The van der Waals surface area contributed by atoms with Gasteiger partial charge >= 0.3 is 0 Å². The van der Waals surface area contributed by atoms with Gasteiger partial charge in [-0.1, -0.05) is 17.7 Å². The number of ether oxygens (including phenoxy) is 2. The van der Waals surface area contributed by atoms with E-state index in [1.54, 1.807) is 44.0 Å². The van der Waals surface area contributed by atoms with Crippen molar-refractivity contribution in [2.24, 2.45) is 0 Å². The third-order valence-corrected chi connectivity index (χ3v) is 4.20. The Morgan fingerprint density at radius 2 is 1.81 bits per heavy atom. The van der Waals surface area contributed by atoms with Crippen LogP contribution < -0.4 is 14.8 Å². The summed E-state index contributed by atoms with van der Waals surface area (Å²) in [6.07, 6.45) is 0. The van der Waals surface area contributed by atoms with Gasteiger partial charge in [-0.25, -0.2) is 9.67 Å². The molecule has 0 aliphatic carbocycles. The van der Waals surface area contributed by atoms with Crippen LogP contribution in [0.5, 0.6) is 11.5 Å². The Bertz CT molecular complexity index is 954. The molecule has 1 amide bonds. The third-order valence-electron chi connectivity index (χ3n) is 3.94. The first-order valence-electron chi connectivity index (χ1n) is 8.20. The van der Waals surface area contributed by atoms with E-state index in [1.807, 2.05) is 24.3 Å². The van der Waals surface area contributed by atoms with Crippen molar-refractivity contribution in [1.29, 1.82) is 0 Å². The zero-order chi connectivity index (χ0) is 19.4. The summed E-state index contributed by atoms with van der Waals surface area (Å²) in [5.74, 6) is 1.58. The maximum absolute atomic E-state index is 12.4. The van der Waals surface area contributed by atoms with Crippen LogP contribution in [0.1, 0.15) is 22.0 Å². The van der Waals surface area contributed by atoms with E-state index < -0.39 is 0 Å². The molecule has 0 bridgehead atoms. The quantitative estimate of drug-likeness (QED) is 0.704. The molecule has 1 heterocycles. The molecule has 27 heavy (non-hydrogen) atoms. The van der Waals surface area contributed by atoms with Crippen LogP contribution in [0.25, 0.3) is 5.69 Å². The van der Waals surface area contributed by atoms with Crippen molar-refractivity contribution >= 4 is 17.5 Å². The molecule has 3 aromatic rings. The number of methoxy groups -OCH3 is 2. The van der Waals surface area contributed by atoms with Crippen LogP contribution in [-0.4, -0.2) is 34.9 Å². The van der Waals surface area contributed by atoms with Crippen LogP contribution in [-0.2, 0) is 6.54 Å². The number of aromatic nitrogens is 3. The smallest absolute Gasteiger partial charge is 0.291 e. The molecular weight excluding hydrogens is 368 g/mol. The number of hydrogen-bond acceptors (Lipinski definition) is 5. The summed E-state index contributed by atoms with van der Waals surface area (Å²) < 4.78 is 12.1. The molecule has 0 aliphatic heterocycles. The van der Waals surface area contributed by atoms with Crippen LogP contribution in [0.3, 0.4) is 0 Å². The molecule has 0 saturated heterocycles. The molecule has 2 aromatic carbocycles. The Kier molecular flexibility index (Phi) is 5.61. The summed E-state index contributed by atoms with van der Waals surface area (Å²) in [5, 5.41) is 7.73. The summed E-state index contributed by atoms with van der Waals surface area (Å²) in [6, 6.07) is 12.6. The molecule has 7 nitrogen and oxygen atoms in total. The summed E-state index contributed by atoms with van der Waals surface area (Å²) in [6.45, 7) is 2.10. The fraction of sp³-hybridized carbons (Fsp3) is 0.211. The topological polar surface area (TPSA) is 78.3 Å². The lowest BCUT2D eigenvalue weighted by Crippen LogP contribution is -2.24. The van der Waals surface area contributed by atoms with Crippen LogP contribution in [0.4, 0.5) is 0 Å². The number of aryl methyl sites for hydroxylation is 1. The maximum atomic E-state index is 12.4. The highest BCUT2D eigenvalue weighted by molar-refractivity contribution is 6.30. The van der Waals surface area contributed by atoms with Gasteiger partial charge in [0.1, 0.15) is 5.82 Å². The Morgan fingerprint density at radius 3 is 2.48 bits per heavy atom. The monoisotopic (exact) mass is 386 g/mol. The molecule has 8 heteroatoms. The van der Waals surface area contributed by atoms with Gasteiger partial charge in [-0.3, -0.25) is 4.79 Å². The molecule has 1 aromatic heterocycles. The van der Waals surface area contributed by atoms with Gasteiger partial charge in [0, 0.05) is 11.6 Å². The van der Waals surface area contributed by atoms with Gasteiger partial charge in [-0.2, -0.15) is 0 Å². The van der Waals surface area contributed by atoms with Crippen LogP contribution in [0.2, 0.25) is 5.02 Å². The second-order valence-electron chi connectivity index (χ2n) is 5.74. The largest absolute Gasteiger partial charge is 0.493 e. The molecule has 0 saturated carbocycles. The van der Waals surface area contributed by atoms with E-state index in [1.165, 1.54) is 0 Å². The van der Waals surface area contributed by atoms with E-state index in [2.05, 4.69) is 15.4 Å². The van der Waals surface area contributed by atoms with Crippen molar-refractivity contribution in [1.82, 2.24) is 20.1 Å². The molecule has 0 unspecified atom stereocenters. The average molecular weight is 387 g/mol. The SMILES string of the molecule is COc1ccc(CNC(=O)c2nc(C)n(-c3ccc(Cl)cc3)n2)cc1OC. The Labute approximate surface area is 161 Å². The van der Waals surface area contributed by atoms with Crippen molar-refractivity contribution in [3.63, 3.8) is 0 Å². The van der Waals surface area contributed by atoms with E-state index in [9.17, 15) is 4.79 Å². The Morgan fingerprint density at radius 1 is 1.11 bits per heavy atom. The highest BCUT2D eigenvalue weighted by atomic mass is 35.5. The molecule has 0 atom stereocenters. The minimum Gasteiger partial charge on any atom is -0.493 e. The second kappa shape index (κ2) is 8.09. The van der Waals surface area contributed by atoms with Crippen molar-refractivity contribution in [3.8, 4) is 17.2 Å². The Balaban J connectivity index is 1.72. The molecular formula is C19H19ClN4O3. The first-order valence-corrected chi connectivity index (χ1v) is 8.58. The lowest BCUT2D eigenvalue weighted by molar-refractivity contribution is 0.0940. The summed E-state index contributed by atoms with van der Waals surface area (Å²) in [5.41, 5.74) is 1.65. The number of carbonyl (C=O) groups is 1. The van der Waals surface area contributed by atoms with Gasteiger partial charge in [-0.15, -0.1) is 5.10 Å². The van der Waals surface area contributed by atoms with E-state index in [0.29, 0.717) is 28.9 Å². The number of rotatable bonds is 6. The number of nitrogens with zero attached hydrogens (tertiary/aromatic N) is 3. The van der Waals surface area contributed by atoms with E-state index in [4.69, 9.17) is 21.1 Å². The lowest BCUT2D eigenvalue weighted by Gasteiger charge is -2.09. The lowest BCUT2D eigenvalue weighted by atomic mass is 10.2. The molecule has 0 radical (unpaired) electrons. The minimum absolute atomic E-state index is 0.0999. The van der Waals surface area contributed by atoms with E-state index >= 15 is 0 Å². The average Bonchev–Trinajstić information content (AvgIpc) is 3.08. The van der Waals surface area contributed by atoms with Gasteiger partial charge in [0.25, 0.3) is 5.91 Å². The van der Waals surface area contributed by atoms with Crippen molar-refractivity contribution in [2.75, 3.05) is 14.2 Å². The molecule has 0 aliphatic rings. The molecule has 3 rings (SSSR count). The van der Waals surface area contributed by atoms with Crippen molar-refractivity contribution in [2.45, 2.75) is 13.5 Å². The Hall–Kier alpha value is -3.06. The maximum Gasteiger partial charge on any atom is 0.291 e. The second-order valence-corrected chi connectivity index (χ2v) is 6.18. The number of carbonyl (C=O) groups excluding carboxylic acids is 1. The molecule has 1 N–H and O–H groups in total. The summed E-state index contributed by atoms with van der Waals surface area (Å²) >= 11 is 5.91. The number of amides is 1. The highest BCUT2D eigenvalue weighted by Crippen LogP contribution is 2.27. The first kappa shape index (κ1) is 18.7. The third kappa shape index (κ3) is 4.20. The standard InChI is InChI=1S/C19H19ClN4O3/c1-12-22-18(23-24(12)15-7-5-14(20)6-8-15)19(25)21-11-13-4-9-16(26-2)17(10-13)27-3/h4-10H,11H2,1-3H3,(H,21,25). The highest BCUT2D eigenvalue weighted by Gasteiger charge is 2.15. The zero-order valence-corrected chi connectivity index (χ0v) is 15.9. The van der Waals surface area contributed by atoms with Gasteiger partial charge < -0.3 is 14.8 Å². The number of hydrogen-bond donors (Lipinski definition) is 1. The zero-order valence-electron chi connectivity index (χ0n) is 15.2. The molecule has 0 fully saturated rings. The predicted octanol–water partition coefficient (Wildman–Crippen LogP) is 3.18. The van der Waals surface area contributed by atoms with Gasteiger partial charge in [0.05, 0.1) is 19.9 Å². The molecule has 140 valence electrons. The fourth-order valence-electron chi connectivity index (χ4n) is 2.57. The van der Waals surface area contributed by atoms with Crippen molar-refractivity contribution < 1.29 is 14.3 Å². The van der Waals surface area contributed by atoms with Crippen molar-refractivity contribution in [3.05, 3.63) is 64.7 Å². The van der Waals surface area contributed by atoms with Gasteiger partial charge in [0.15, 0.2) is 11.5 Å². The van der Waals surface area contributed by atoms with Crippen LogP contribution >= 0.6 is 11.6 Å². The number of halogens is 1. The van der Waals surface area contributed by atoms with E-state index in [-0.39, 0.29) is 11.7 Å². The predicted molar refractivity (Wildman–Crippen MR) is 102 cm³/mol. The van der Waals surface area contributed by atoms with E-state index in [0.717, 1.165) is 11.3 Å². The summed E-state index contributed by atoms with van der Waals surface area (Å²) in [7, 11) is 3.14. The normalized spacial score (nSPS) is 10.5. The van der Waals surface area contributed by atoms with Gasteiger partial charge in [0.2, 0.25) is 5.82 Å². The van der Waals surface area contributed by atoms with Crippen LogP contribution in [0, 0.1) is 6.92 Å². The minimum atomic E-state index is -0.361. The molecule has 0 spiro atoms. The number of benzene rings is 2. The number of nitrogens with one attached hydrogen (secondary N) is 1. The summed E-state index contributed by atoms with van der Waals surface area (Å²) in [4.78, 5) is 16.7. The fourth-order valence-corrected chi connectivity index (χ4v) is 2.69. The van der Waals surface area contributed by atoms with Gasteiger partial charge in [-0.05, 0) is 48.9 Å². The first-order chi connectivity index (χ1) is 13.0. The van der Waals surface area contributed by atoms with Crippen LogP contribution in [0.15, 0.2) is 42.5 Å².